The number of nitrogens with zero attached hydrogens (tertiary/aromatic N) is 4. The maximum Gasteiger partial charge on any atom is 0.416 e. The molecule has 0 radical (unpaired) electrons. The largest absolute Gasteiger partial charge is 0.494 e. The van der Waals surface area contributed by atoms with Gasteiger partial charge in [0.25, 0.3) is 5.56 Å². The molecule has 0 amide bonds. The number of benzene rings is 3. The van der Waals surface area contributed by atoms with E-state index in [-0.39, 0.29) is 36.4 Å². The van der Waals surface area contributed by atoms with Gasteiger partial charge in [0, 0.05) is 29.8 Å². The van der Waals surface area contributed by atoms with Crippen molar-refractivity contribution >= 4 is 5.97 Å². The molecule has 0 saturated heterocycles. The molecule has 10 nitrogen and oxygen atoms in total. The van der Waals surface area contributed by atoms with E-state index >= 15 is 4.39 Å². The van der Waals surface area contributed by atoms with Crippen LogP contribution in [0.1, 0.15) is 41.3 Å². The third-order valence-electron chi connectivity index (χ3n) is 7.66. The highest BCUT2D eigenvalue weighted by atomic mass is 19.4. The SMILES string of the molecule is COc1cccc(-c2c(C)n(Cc3c(F)cccc3C(F)(F)F)c(=O)n(C[C@H](c3ccccc3)N(CCCC(=O)O)N=O)c2=O)c1F. The second kappa shape index (κ2) is 14.4. The highest BCUT2D eigenvalue weighted by molar-refractivity contribution is 5.68. The van der Waals surface area contributed by atoms with Crippen molar-refractivity contribution in [3.63, 3.8) is 0 Å². The molecule has 0 bridgehead atoms. The molecular weight excluding hydrogens is 631 g/mol. The monoisotopic (exact) mass is 660 g/mol. The molecule has 47 heavy (non-hydrogen) atoms. The molecule has 1 aromatic heterocycles. The Morgan fingerprint density at radius 2 is 1.68 bits per heavy atom. The molecular formula is C32H29F5N4O6. The van der Waals surface area contributed by atoms with Crippen molar-refractivity contribution < 1.29 is 36.6 Å². The Hall–Kier alpha value is -5.34. The van der Waals surface area contributed by atoms with Gasteiger partial charge >= 0.3 is 17.8 Å². The second-order valence-corrected chi connectivity index (χ2v) is 10.5. The van der Waals surface area contributed by atoms with Crippen molar-refractivity contribution in [2.75, 3.05) is 13.7 Å². The molecule has 1 atom stereocenters. The van der Waals surface area contributed by atoms with Crippen LogP contribution >= 0.6 is 0 Å². The molecule has 1 N–H and O–H groups in total. The van der Waals surface area contributed by atoms with Gasteiger partial charge < -0.3 is 9.84 Å². The lowest BCUT2D eigenvalue weighted by molar-refractivity contribution is -0.139. The number of halogens is 5. The fourth-order valence-corrected chi connectivity index (χ4v) is 5.33. The Morgan fingerprint density at radius 3 is 2.30 bits per heavy atom. The van der Waals surface area contributed by atoms with Crippen LogP contribution in [0.4, 0.5) is 22.0 Å². The van der Waals surface area contributed by atoms with Gasteiger partial charge in [-0.1, -0.05) is 48.5 Å². The number of ether oxygens (including phenoxy) is 1. The van der Waals surface area contributed by atoms with Crippen LogP contribution in [0.25, 0.3) is 11.1 Å². The van der Waals surface area contributed by atoms with E-state index in [4.69, 9.17) is 9.84 Å². The van der Waals surface area contributed by atoms with Gasteiger partial charge in [0.15, 0.2) is 11.6 Å². The van der Waals surface area contributed by atoms with Crippen LogP contribution in [0.15, 0.2) is 81.6 Å². The number of carbonyl (C=O) groups is 1. The molecule has 4 rings (SSSR count). The van der Waals surface area contributed by atoms with Crippen molar-refractivity contribution in [1.82, 2.24) is 14.1 Å². The lowest BCUT2D eigenvalue weighted by atomic mass is 10.0. The fourth-order valence-electron chi connectivity index (χ4n) is 5.33. The predicted molar refractivity (Wildman–Crippen MR) is 161 cm³/mol. The van der Waals surface area contributed by atoms with Gasteiger partial charge in [-0.15, -0.1) is 4.91 Å². The second-order valence-electron chi connectivity index (χ2n) is 10.5. The van der Waals surface area contributed by atoms with Gasteiger partial charge in [-0.3, -0.25) is 23.7 Å². The molecule has 15 heteroatoms. The highest BCUT2D eigenvalue weighted by Crippen LogP contribution is 2.34. The van der Waals surface area contributed by atoms with Gasteiger partial charge in [-0.05, 0) is 37.1 Å². The molecule has 1 heterocycles. The van der Waals surface area contributed by atoms with E-state index < -0.39 is 70.9 Å². The van der Waals surface area contributed by atoms with Crippen molar-refractivity contribution in [3.05, 3.63) is 126 Å². The number of nitroso groups, excluding NO2 is 1. The third-order valence-corrected chi connectivity index (χ3v) is 7.66. The van der Waals surface area contributed by atoms with Gasteiger partial charge in [0.2, 0.25) is 0 Å². The Bertz CT molecular complexity index is 1890. The molecule has 0 fully saturated rings. The topological polar surface area (TPSA) is 123 Å². The molecule has 4 aromatic rings. The summed E-state index contributed by atoms with van der Waals surface area (Å²) in [6.45, 7) is -0.598. The first-order valence-corrected chi connectivity index (χ1v) is 14.2. The minimum absolute atomic E-state index is 0.0365. The number of aromatic nitrogens is 2. The Morgan fingerprint density at radius 1 is 1.00 bits per heavy atom. The van der Waals surface area contributed by atoms with Crippen molar-refractivity contribution in [2.45, 2.75) is 45.1 Å². The Balaban J connectivity index is 2.01. The average Bonchev–Trinajstić information content (AvgIpc) is 3.03. The summed E-state index contributed by atoms with van der Waals surface area (Å²) in [4.78, 5) is 51.3. The molecule has 0 aliphatic rings. The molecule has 0 aliphatic carbocycles. The highest BCUT2D eigenvalue weighted by Gasteiger charge is 2.35. The molecule has 0 spiro atoms. The molecule has 248 valence electrons. The van der Waals surface area contributed by atoms with Gasteiger partial charge in [-0.25, -0.2) is 13.6 Å². The first-order chi connectivity index (χ1) is 22.3. The maximum atomic E-state index is 15.6. The summed E-state index contributed by atoms with van der Waals surface area (Å²) in [6, 6.07) is 13.0. The zero-order valence-corrected chi connectivity index (χ0v) is 25.1. The summed E-state index contributed by atoms with van der Waals surface area (Å²) < 4.78 is 78.8. The number of methoxy groups -OCH3 is 1. The summed E-state index contributed by atoms with van der Waals surface area (Å²) in [5.74, 6) is -3.68. The van der Waals surface area contributed by atoms with E-state index in [2.05, 4.69) is 5.29 Å². The van der Waals surface area contributed by atoms with Crippen molar-refractivity contribution in [2.24, 2.45) is 5.29 Å². The molecule has 0 saturated carbocycles. The Kier molecular flexibility index (Phi) is 10.6. The normalized spacial score (nSPS) is 12.1. The smallest absolute Gasteiger partial charge is 0.416 e. The minimum atomic E-state index is -5.00. The van der Waals surface area contributed by atoms with Gasteiger partial charge in [0.05, 0.1) is 42.7 Å². The molecule has 0 aliphatic heterocycles. The first-order valence-electron chi connectivity index (χ1n) is 14.2. The van der Waals surface area contributed by atoms with Gasteiger partial charge in [0.1, 0.15) is 5.82 Å². The van der Waals surface area contributed by atoms with Crippen LogP contribution in [-0.4, -0.2) is 38.9 Å². The van der Waals surface area contributed by atoms with Crippen LogP contribution in [-0.2, 0) is 24.1 Å². The van der Waals surface area contributed by atoms with Crippen LogP contribution < -0.4 is 16.0 Å². The first kappa shape index (κ1) is 34.5. The minimum Gasteiger partial charge on any atom is -0.494 e. The maximum absolute atomic E-state index is 15.6. The number of carboxylic acids is 1. The number of hydrogen-bond donors (Lipinski definition) is 1. The van der Waals surface area contributed by atoms with E-state index in [1.165, 1.54) is 32.2 Å². The summed E-state index contributed by atoms with van der Waals surface area (Å²) in [5.41, 5.74) is -5.13. The van der Waals surface area contributed by atoms with Crippen LogP contribution in [0.2, 0.25) is 0 Å². The lowest BCUT2D eigenvalue weighted by Crippen LogP contribution is -2.45. The van der Waals surface area contributed by atoms with E-state index in [1.54, 1.807) is 30.3 Å². The summed E-state index contributed by atoms with van der Waals surface area (Å²) >= 11 is 0. The number of aliphatic carboxylic acids is 1. The van der Waals surface area contributed by atoms with Crippen LogP contribution in [0, 0.1) is 23.5 Å². The van der Waals surface area contributed by atoms with E-state index in [1.807, 2.05) is 0 Å². The fraction of sp³-hybridized carbons (Fsp3) is 0.281. The van der Waals surface area contributed by atoms with E-state index in [9.17, 15) is 36.9 Å². The number of hydrogen-bond acceptors (Lipinski definition) is 6. The summed E-state index contributed by atoms with van der Waals surface area (Å²) in [7, 11) is 1.18. The standard InChI is InChI=1S/C32H29F5N4O6/c1-19-28(21-11-6-14-26(47-2)29(21)34)30(44)40(31(45)39(19)17-22-23(32(35,36)37)12-7-13-24(22)33)18-25(20-9-4-3-5-10-20)41(38-46)16-8-15-27(42)43/h3-7,9-14,25H,8,15-18H2,1-2H3,(H,42,43)/t25-/m1/s1. The lowest BCUT2D eigenvalue weighted by Gasteiger charge is -2.28. The third kappa shape index (κ3) is 7.39. The van der Waals surface area contributed by atoms with E-state index in [0.717, 1.165) is 21.7 Å². The average molecular weight is 661 g/mol. The van der Waals surface area contributed by atoms with Gasteiger partial charge in [-0.2, -0.15) is 13.2 Å². The Labute approximate surface area is 264 Å². The van der Waals surface area contributed by atoms with Crippen molar-refractivity contribution in [1.29, 1.82) is 0 Å². The molecule has 3 aromatic carbocycles. The molecule has 0 unspecified atom stereocenters. The number of carboxylic acid groups (broad SMARTS) is 1. The number of rotatable bonds is 13. The summed E-state index contributed by atoms with van der Waals surface area (Å²) in [5, 5.41) is 13.0. The zero-order valence-electron chi connectivity index (χ0n) is 25.1. The number of alkyl halides is 3. The summed E-state index contributed by atoms with van der Waals surface area (Å²) in [6.07, 6.45) is -5.37. The van der Waals surface area contributed by atoms with Crippen LogP contribution in [0.3, 0.4) is 0 Å². The van der Waals surface area contributed by atoms with Crippen LogP contribution in [0.5, 0.6) is 5.75 Å². The van der Waals surface area contributed by atoms with E-state index in [0.29, 0.717) is 16.2 Å². The predicted octanol–water partition coefficient (Wildman–Crippen LogP) is 5.93. The quantitative estimate of drug-likeness (QED) is 0.107. The van der Waals surface area contributed by atoms with Crippen molar-refractivity contribution in [3.8, 4) is 16.9 Å². The zero-order chi connectivity index (χ0) is 34.5.